The average molecular weight is 419 g/mol. The van der Waals surface area contributed by atoms with Crippen molar-refractivity contribution in [2.45, 2.75) is 0 Å². The van der Waals surface area contributed by atoms with Crippen LogP contribution in [0.5, 0.6) is 0 Å². The first-order chi connectivity index (χ1) is 11.2. The number of nitrogens with zero attached hydrogens (tertiary/aromatic N) is 1. The van der Waals surface area contributed by atoms with Gasteiger partial charge in [-0.05, 0) is 40.2 Å². The van der Waals surface area contributed by atoms with Gasteiger partial charge in [0.1, 0.15) is 18.2 Å². The molecule has 0 aliphatic carbocycles. The lowest BCUT2D eigenvalue weighted by atomic mass is 10.3. The Morgan fingerprint density at radius 2 is 1.88 bits per heavy atom. The highest BCUT2D eigenvalue weighted by Gasteiger charge is 2.23. The smallest absolute Gasteiger partial charge is 0.245 e. The minimum atomic E-state index is -3.76. The van der Waals surface area contributed by atoms with E-state index in [4.69, 9.17) is 0 Å². The number of nitrogens with one attached hydrogen (secondary N) is 1. The highest BCUT2D eigenvalue weighted by molar-refractivity contribution is 9.10. The zero-order chi connectivity index (χ0) is 17.9. The molecule has 2 rings (SSSR count). The van der Waals surface area contributed by atoms with Gasteiger partial charge < -0.3 is 5.32 Å². The first kappa shape index (κ1) is 18.3. The highest BCUT2D eigenvalue weighted by atomic mass is 79.9. The van der Waals surface area contributed by atoms with Crippen LogP contribution in [0.2, 0.25) is 0 Å². The van der Waals surface area contributed by atoms with Crippen molar-refractivity contribution in [2.24, 2.45) is 0 Å². The van der Waals surface area contributed by atoms with Crippen molar-refractivity contribution < 1.29 is 22.0 Å². The second-order valence-corrected chi connectivity index (χ2v) is 7.65. The first-order valence-corrected chi connectivity index (χ1v) is 9.30. The fraction of sp³-hybridized carbons (Fsp3) is 0.133. The van der Waals surface area contributed by atoms with Crippen molar-refractivity contribution in [2.75, 3.05) is 22.4 Å². The number of hydrogen-bond donors (Lipinski definition) is 1. The molecule has 2 aromatic rings. The quantitative estimate of drug-likeness (QED) is 0.810. The van der Waals surface area contributed by atoms with Gasteiger partial charge in [0.15, 0.2) is 0 Å². The van der Waals surface area contributed by atoms with Crippen molar-refractivity contribution in [3.05, 3.63) is 58.6 Å². The van der Waals surface area contributed by atoms with Crippen molar-refractivity contribution in [1.29, 1.82) is 0 Å². The monoisotopic (exact) mass is 418 g/mol. The molecule has 0 saturated heterocycles. The third-order valence-corrected chi connectivity index (χ3v) is 4.81. The van der Waals surface area contributed by atoms with Crippen LogP contribution < -0.4 is 9.62 Å². The van der Waals surface area contributed by atoms with Gasteiger partial charge in [0, 0.05) is 10.5 Å². The Labute approximate surface area is 146 Å². The van der Waals surface area contributed by atoms with Crippen LogP contribution in [0.4, 0.5) is 20.2 Å². The summed E-state index contributed by atoms with van der Waals surface area (Å²) in [4.78, 5) is 12.1. The Balaban J connectivity index is 2.24. The maximum atomic E-state index is 13.6. The van der Waals surface area contributed by atoms with E-state index in [2.05, 4.69) is 21.2 Å². The molecule has 0 atom stereocenters. The van der Waals surface area contributed by atoms with E-state index in [1.54, 1.807) is 18.2 Å². The zero-order valence-corrected chi connectivity index (χ0v) is 14.9. The van der Waals surface area contributed by atoms with E-state index in [1.807, 2.05) is 0 Å². The van der Waals surface area contributed by atoms with Crippen LogP contribution in [0, 0.1) is 11.6 Å². The number of anilines is 2. The number of carbonyl (C=O) groups is 1. The molecule has 0 saturated carbocycles. The standard InChI is InChI=1S/C15H13BrF2N2O3S/c1-24(22,23)20(14-5-3-2-4-11(14)16)9-15(21)19-13-7-6-10(17)8-12(13)18/h2-8H,9H2,1H3,(H,19,21). The second-order valence-electron chi connectivity index (χ2n) is 4.89. The molecule has 0 heterocycles. The summed E-state index contributed by atoms with van der Waals surface area (Å²) < 4.78 is 51.8. The minimum Gasteiger partial charge on any atom is -0.322 e. The van der Waals surface area contributed by atoms with Gasteiger partial charge in [0.05, 0.1) is 17.6 Å². The number of para-hydroxylation sites is 1. The van der Waals surface area contributed by atoms with Gasteiger partial charge in [0.25, 0.3) is 0 Å². The number of hydrogen-bond acceptors (Lipinski definition) is 3. The summed E-state index contributed by atoms with van der Waals surface area (Å²) in [5.74, 6) is -2.49. The summed E-state index contributed by atoms with van der Waals surface area (Å²) in [5, 5.41) is 2.23. The van der Waals surface area contributed by atoms with Gasteiger partial charge in [-0.2, -0.15) is 0 Å². The summed E-state index contributed by atoms with van der Waals surface area (Å²) in [6.45, 7) is -0.557. The van der Waals surface area contributed by atoms with E-state index in [9.17, 15) is 22.0 Å². The summed E-state index contributed by atoms with van der Waals surface area (Å²) >= 11 is 3.23. The summed E-state index contributed by atoms with van der Waals surface area (Å²) in [6.07, 6.45) is 0.957. The van der Waals surface area contributed by atoms with Gasteiger partial charge in [-0.15, -0.1) is 0 Å². The Kier molecular flexibility index (Phi) is 5.55. The molecule has 5 nitrogen and oxygen atoms in total. The number of benzene rings is 2. The summed E-state index contributed by atoms with van der Waals surface area (Å²) in [6, 6.07) is 9.14. The molecule has 24 heavy (non-hydrogen) atoms. The van der Waals surface area contributed by atoms with Gasteiger partial charge in [-0.3, -0.25) is 9.10 Å². The zero-order valence-electron chi connectivity index (χ0n) is 12.5. The van der Waals surface area contributed by atoms with E-state index < -0.39 is 34.1 Å². The average Bonchev–Trinajstić information content (AvgIpc) is 2.47. The van der Waals surface area contributed by atoms with Crippen molar-refractivity contribution in [3.8, 4) is 0 Å². The predicted octanol–water partition coefficient (Wildman–Crippen LogP) is 3.13. The molecule has 0 radical (unpaired) electrons. The molecule has 9 heteroatoms. The number of halogens is 3. The van der Waals surface area contributed by atoms with Crippen molar-refractivity contribution >= 4 is 43.2 Å². The third-order valence-electron chi connectivity index (χ3n) is 3.01. The lowest BCUT2D eigenvalue weighted by Gasteiger charge is -2.23. The van der Waals surface area contributed by atoms with Crippen LogP contribution >= 0.6 is 15.9 Å². The molecule has 0 bridgehead atoms. The Hall–Kier alpha value is -2.00. The van der Waals surface area contributed by atoms with Crippen LogP contribution in [0.25, 0.3) is 0 Å². The van der Waals surface area contributed by atoms with Gasteiger partial charge in [-0.1, -0.05) is 12.1 Å². The number of rotatable bonds is 5. The van der Waals surface area contributed by atoms with E-state index in [0.717, 1.165) is 22.7 Å². The molecule has 0 unspecified atom stereocenters. The van der Waals surface area contributed by atoms with Gasteiger partial charge in [0.2, 0.25) is 15.9 Å². The normalized spacial score (nSPS) is 11.2. The predicted molar refractivity (Wildman–Crippen MR) is 91.3 cm³/mol. The molecule has 1 amide bonds. The van der Waals surface area contributed by atoms with Crippen LogP contribution in [-0.2, 0) is 14.8 Å². The van der Waals surface area contributed by atoms with Crippen LogP contribution in [0.1, 0.15) is 0 Å². The van der Waals surface area contributed by atoms with E-state index in [1.165, 1.54) is 6.07 Å². The minimum absolute atomic E-state index is 0.234. The van der Waals surface area contributed by atoms with E-state index in [0.29, 0.717) is 10.5 Å². The molecule has 0 aromatic heterocycles. The Morgan fingerprint density at radius 3 is 2.46 bits per heavy atom. The largest absolute Gasteiger partial charge is 0.322 e. The topological polar surface area (TPSA) is 66.5 Å². The molecule has 0 fully saturated rings. The molecule has 0 aliphatic heterocycles. The van der Waals surface area contributed by atoms with E-state index >= 15 is 0 Å². The van der Waals surface area contributed by atoms with Crippen LogP contribution in [0.15, 0.2) is 46.9 Å². The number of carbonyl (C=O) groups excluding carboxylic acids is 1. The SMILES string of the molecule is CS(=O)(=O)N(CC(=O)Nc1ccc(F)cc1F)c1ccccc1Br. The van der Waals surface area contributed by atoms with Crippen LogP contribution in [-0.4, -0.2) is 27.1 Å². The fourth-order valence-electron chi connectivity index (χ4n) is 1.95. The Bertz CT molecular complexity index is 875. The van der Waals surface area contributed by atoms with Crippen LogP contribution in [0.3, 0.4) is 0 Å². The molecule has 128 valence electrons. The van der Waals surface area contributed by atoms with E-state index in [-0.39, 0.29) is 11.4 Å². The lowest BCUT2D eigenvalue weighted by molar-refractivity contribution is -0.114. The molecule has 0 aliphatic rings. The third kappa shape index (κ3) is 4.51. The summed E-state index contributed by atoms with van der Waals surface area (Å²) in [7, 11) is -3.76. The molecular formula is C15H13BrF2N2O3S. The summed E-state index contributed by atoms with van der Waals surface area (Å²) in [5.41, 5.74) is 0.0386. The van der Waals surface area contributed by atoms with Gasteiger partial charge in [-0.25, -0.2) is 17.2 Å². The lowest BCUT2D eigenvalue weighted by Crippen LogP contribution is -2.37. The second kappa shape index (κ2) is 7.27. The van der Waals surface area contributed by atoms with Gasteiger partial charge >= 0.3 is 0 Å². The first-order valence-electron chi connectivity index (χ1n) is 6.65. The molecule has 2 aromatic carbocycles. The Morgan fingerprint density at radius 1 is 1.21 bits per heavy atom. The number of amides is 1. The maximum absolute atomic E-state index is 13.6. The fourth-order valence-corrected chi connectivity index (χ4v) is 3.43. The van der Waals surface area contributed by atoms with Crippen molar-refractivity contribution in [3.63, 3.8) is 0 Å². The number of sulfonamides is 1. The maximum Gasteiger partial charge on any atom is 0.245 e. The molecule has 1 N–H and O–H groups in total. The highest BCUT2D eigenvalue weighted by Crippen LogP contribution is 2.27. The van der Waals surface area contributed by atoms with Crippen molar-refractivity contribution in [1.82, 2.24) is 0 Å². The molecule has 0 spiro atoms. The molecular weight excluding hydrogens is 406 g/mol.